The number of halogens is 1. The minimum Gasteiger partial charge on any atom is -0.507 e. The summed E-state index contributed by atoms with van der Waals surface area (Å²) >= 11 is 0. The molecule has 0 spiro atoms. The molecule has 2 aliphatic rings. The number of phenols is 1. The van der Waals surface area contributed by atoms with Crippen LogP contribution < -0.4 is 5.56 Å². The smallest absolute Gasteiger partial charge is 0.343 e. The highest BCUT2D eigenvalue weighted by Gasteiger charge is 2.45. The number of aliphatic hydroxyl groups is 1. The van der Waals surface area contributed by atoms with E-state index in [2.05, 4.69) is 0 Å². The number of aromatic nitrogens is 2. The van der Waals surface area contributed by atoms with Gasteiger partial charge in [0.05, 0.1) is 29.0 Å². The first kappa shape index (κ1) is 22.3. The predicted molar refractivity (Wildman–Crippen MR) is 121 cm³/mol. The van der Waals surface area contributed by atoms with Crippen molar-refractivity contribution in [2.75, 3.05) is 14.1 Å². The first-order chi connectivity index (χ1) is 14.7. The van der Waals surface area contributed by atoms with Gasteiger partial charge in [0.25, 0.3) is 5.56 Å². The molecule has 0 fully saturated rings. The maximum absolute atomic E-state index is 13.2. The molecule has 168 valence electrons. The monoisotopic (exact) mass is 457 g/mol. The van der Waals surface area contributed by atoms with Gasteiger partial charge in [-0.25, -0.2) is 9.78 Å². The number of rotatable bonds is 3. The Morgan fingerprint density at radius 2 is 2.00 bits per heavy atom. The number of hydrogen-bond donors (Lipinski definition) is 2. The maximum Gasteiger partial charge on any atom is 0.343 e. The number of carbonyl (C=O) groups is 1. The molecule has 2 aromatic heterocycles. The molecule has 0 radical (unpaired) electrons. The Kier molecular flexibility index (Phi) is 5.27. The van der Waals surface area contributed by atoms with Crippen molar-refractivity contribution in [3.05, 3.63) is 56.9 Å². The number of pyridine rings is 2. The second kappa shape index (κ2) is 7.58. The highest BCUT2D eigenvalue weighted by atomic mass is 35.5. The van der Waals surface area contributed by atoms with E-state index in [9.17, 15) is 19.8 Å². The summed E-state index contributed by atoms with van der Waals surface area (Å²) in [6.07, 6.45) is 0.0995. The third-order valence-electron chi connectivity index (χ3n) is 6.23. The van der Waals surface area contributed by atoms with Gasteiger partial charge in [0.2, 0.25) is 0 Å². The molecule has 2 aliphatic heterocycles. The van der Waals surface area contributed by atoms with Gasteiger partial charge in [-0.3, -0.25) is 4.79 Å². The van der Waals surface area contributed by atoms with Gasteiger partial charge in [0.1, 0.15) is 12.4 Å². The quantitative estimate of drug-likeness (QED) is 0.455. The van der Waals surface area contributed by atoms with Crippen LogP contribution in [-0.2, 0) is 34.8 Å². The first-order valence-electron chi connectivity index (χ1n) is 10.2. The van der Waals surface area contributed by atoms with E-state index in [1.807, 2.05) is 37.2 Å². The number of fused-ring (bicyclic) bond motifs is 5. The standard InChI is InChI=1S/C23H23N3O5.ClH/c1-4-23(30)16-8-18-19-13(10-26(18)21(28)15(16)11-31-22(23)29)7-14-17(24-19)6-5-12(20(14)27)9-25(2)3;/h5-8,27,30H,4,9-11H2,1-3H3;1H/t23-;/m0./s1. The second-order valence-corrected chi connectivity index (χ2v) is 8.48. The number of aromatic hydroxyl groups is 1. The van der Waals surface area contributed by atoms with Crippen molar-refractivity contribution in [1.82, 2.24) is 14.5 Å². The van der Waals surface area contributed by atoms with Crippen LogP contribution in [0.2, 0.25) is 0 Å². The summed E-state index contributed by atoms with van der Waals surface area (Å²) < 4.78 is 6.68. The SMILES string of the molecule is CC[C@@]1(O)C(=O)OCc2c1cc1n(c2=O)Cc2cc3c(O)c(CN(C)C)ccc3nc2-1.Cl. The molecular formula is C23H24ClN3O5. The van der Waals surface area contributed by atoms with E-state index in [1.165, 1.54) is 0 Å². The minimum atomic E-state index is -1.85. The van der Waals surface area contributed by atoms with Crippen molar-refractivity contribution < 1.29 is 19.7 Å². The van der Waals surface area contributed by atoms with Crippen LogP contribution in [0.1, 0.15) is 35.6 Å². The van der Waals surface area contributed by atoms with Crippen LogP contribution >= 0.6 is 12.4 Å². The fraction of sp³-hybridized carbons (Fsp3) is 0.348. The predicted octanol–water partition coefficient (Wildman–Crippen LogP) is 2.27. The Hall–Kier alpha value is -2.94. The summed E-state index contributed by atoms with van der Waals surface area (Å²) in [5, 5.41) is 22.3. The van der Waals surface area contributed by atoms with Crippen molar-refractivity contribution in [1.29, 1.82) is 0 Å². The molecule has 0 saturated heterocycles. The first-order valence-corrected chi connectivity index (χ1v) is 10.2. The van der Waals surface area contributed by atoms with E-state index in [-0.39, 0.29) is 36.7 Å². The van der Waals surface area contributed by atoms with Crippen molar-refractivity contribution >= 4 is 29.3 Å². The molecular weight excluding hydrogens is 434 g/mol. The Morgan fingerprint density at radius 3 is 2.69 bits per heavy atom. The summed E-state index contributed by atoms with van der Waals surface area (Å²) in [4.78, 5) is 32.2. The summed E-state index contributed by atoms with van der Waals surface area (Å²) in [5.41, 5.74) is 1.82. The molecule has 1 atom stereocenters. The van der Waals surface area contributed by atoms with Crippen molar-refractivity contribution in [3.63, 3.8) is 0 Å². The Bertz CT molecular complexity index is 1330. The molecule has 2 N–H and O–H groups in total. The zero-order valence-electron chi connectivity index (χ0n) is 18.0. The van der Waals surface area contributed by atoms with Crippen LogP contribution in [0.5, 0.6) is 5.75 Å². The number of hydrogen-bond acceptors (Lipinski definition) is 7. The summed E-state index contributed by atoms with van der Waals surface area (Å²) in [6, 6.07) is 7.25. The van der Waals surface area contributed by atoms with Gasteiger partial charge in [0.15, 0.2) is 5.60 Å². The molecule has 3 aromatic rings. The lowest BCUT2D eigenvalue weighted by molar-refractivity contribution is -0.172. The maximum atomic E-state index is 13.2. The van der Waals surface area contributed by atoms with Crippen LogP contribution in [0.3, 0.4) is 0 Å². The topological polar surface area (TPSA) is 105 Å². The molecule has 9 heteroatoms. The third-order valence-corrected chi connectivity index (χ3v) is 6.23. The van der Waals surface area contributed by atoms with E-state index in [0.29, 0.717) is 46.5 Å². The largest absolute Gasteiger partial charge is 0.507 e. The van der Waals surface area contributed by atoms with Gasteiger partial charge in [0, 0.05) is 28.6 Å². The lowest BCUT2D eigenvalue weighted by atomic mass is 9.86. The summed E-state index contributed by atoms with van der Waals surface area (Å²) in [5.74, 6) is -0.557. The highest BCUT2D eigenvalue weighted by Crippen LogP contribution is 2.40. The number of esters is 1. The fourth-order valence-electron chi connectivity index (χ4n) is 4.55. The molecule has 0 bridgehead atoms. The second-order valence-electron chi connectivity index (χ2n) is 8.48. The van der Waals surface area contributed by atoms with E-state index in [1.54, 1.807) is 17.6 Å². The van der Waals surface area contributed by atoms with E-state index >= 15 is 0 Å². The van der Waals surface area contributed by atoms with Crippen molar-refractivity contribution in [2.24, 2.45) is 0 Å². The van der Waals surface area contributed by atoms with Crippen LogP contribution in [-0.4, -0.2) is 44.7 Å². The zero-order valence-corrected chi connectivity index (χ0v) is 18.8. The number of carbonyl (C=O) groups excluding carboxylic acids is 1. The number of cyclic esters (lactones) is 1. The van der Waals surface area contributed by atoms with E-state index in [4.69, 9.17) is 9.72 Å². The number of nitrogens with zero attached hydrogens (tertiary/aromatic N) is 3. The molecule has 0 amide bonds. The lowest BCUT2D eigenvalue weighted by Crippen LogP contribution is -2.44. The molecule has 32 heavy (non-hydrogen) atoms. The van der Waals surface area contributed by atoms with Gasteiger partial charge in [-0.05, 0) is 38.7 Å². The minimum absolute atomic E-state index is 0. The van der Waals surface area contributed by atoms with Gasteiger partial charge in [-0.15, -0.1) is 12.4 Å². The van der Waals surface area contributed by atoms with Gasteiger partial charge >= 0.3 is 5.97 Å². The average molecular weight is 458 g/mol. The summed E-state index contributed by atoms with van der Waals surface area (Å²) in [7, 11) is 3.86. The zero-order chi connectivity index (χ0) is 22.1. The number of phenolic OH excluding ortho intramolecular Hbond substituents is 1. The molecule has 1 aromatic carbocycles. The highest BCUT2D eigenvalue weighted by molar-refractivity contribution is 5.90. The third kappa shape index (κ3) is 3.02. The summed E-state index contributed by atoms with van der Waals surface area (Å²) in [6.45, 7) is 2.41. The molecule has 8 nitrogen and oxygen atoms in total. The fourth-order valence-corrected chi connectivity index (χ4v) is 4.55. The lowest BCUT2D eigenvalue weighted by Gasteiger charge is -2.31. The van der Waals surface area contributed by atoms with Gasteiger partial charge < -0.3 is 24.4 Å². The number of ether oxygens (including phenoxy) is 1. The molecule has 5 rings (SSSR count). The Morgan fingerprint density at radius 1 is 1.25 bits per heavy atom. The van der Waals surface area contributed by atoms with Crippen LogP contribution in [0, 0.1) is 0 Å². The normalized spacial score (nSPS) is 18.7. The van der Waals surface area contributed by atoms with E-state index in [0.717, 1.165) is 11.1 Å². The molecule has 0 saturated carbocycles. The van der Waals surface area contributed by atoms with Crippen LogP contribution in [0.25, 0.3) is 22.3 Å². The van der Waals surface area contributed by atoms with Crippen LogP contribution in [0.15, 0.2) is 29.1 Å². The Labute approximate surface area is 190 Å². The molecule has 0 unspecified atom stereocenters. The average Bonchev–Trinajstić information content (AvgIpc) is 3.10. The Balaban J connectivity index is 0.00000245. The van der Waals surface area contributed by atoms with Gasteiger partial charge in [-0.1, -0.05) is 13.0 Å². The van der Waals surface area contributed by atoms with Crippen LogP contribution in [0.4, 0.5) is 0 Å². The molecule has 4 heterocycles. The van der Waals surface area contributed by atoms with Crippen molar-refractivity contribution in [2.45, 2.75) is 38.6 Å². The van der Waals surface area contributed by atoms with Gasteiger partial charge in [-0.2, -0.15) is 0 Å². The van der Waals surface area contributed by atoms with Crippen molar-refractivity contribution in [3.8, 4) is 17.1 Å². The molecule has 0 aliphatic carbocycles. The van der Waals surface area contributed by atoms with E-state index < -0.39 is 11.6 Å². The number of benzene rings is 1.